The Morgan fingerprint density at radius 1 is 1.11 bits per heavy atom. The highest BCUT2D eigenvalue weighted by molar-refractivity contribution is 7.80. The van der Waals surface area contributed by atoms with Crippen molar-refractivity contribution in [1.29, 1.82) is 0 Å². The molecule has 2 aromatic carbocycles. The summed E-state index contributed by atoms with van der Waals surface area (Å²) in [5.74, 6) is 0.958. The molecule has 0 heterocycles. The van der Waals surface area contributed by atoms with E-state index in [4.69, 9.17) is 21.7 Å². The quantitative estimate of drug-likeness (QED) is 0.516. The van der Waals surface area contributed by atoms with Crippen molar-refractivity contribution in [1.82, 2.24) is 5.32 Å². The highest BCUT2D eigenvalue weighted by atomic mass is 32.1. The van der Waals surface area contributed by atoms with Crippen LogP contribution in [0, 0.1) is 0 Å². The molecular formula is C21H24N2O3S. The third-order valence-corrected chi connectivity index (χ3v) is 3.62. The zero-order valence-corrected chi connectivity index (χ0v) is 16.4. The Bertz CT molecular complexity index is 803. The topological polar surface area (TPSA) is 59.6 Å². The van der Waals surface area contributed by atoms with E-state index < -0.39 is 0 Å². The Morgan fingerprint density at radius 2 is 1.81 bits per heavy atom. The number of hydrogen-bond acceptors (Lipinski definition) is 4. The standard InChI is InChI=1S/C21H24N2O3S/c1-4-13-25-19-8-6-5-7-18(19)20(24)23-21(27)22-16-9-11-17(12-10-16)26-14-15(2)3/h5-12H,2,4,13-14H2,1,3H3,(H2,22,23,24,27). The second-order valence-electron chi connectivity index (χ2n) is 6.02. The van der Waals surface area contributed by atoms with Gasteiger partial charge in [0, 0.05) is 5.69 Å². The Morgan fingerprint density at radius 3 is 2.48 bits per heavy atom. The molecule has 5 nitrogen and oxygen atoms in total. The maximum Gasteiger partial charge on any atom is 0.261 e. The van der Waals surface area contributed by atoms with Crippen LogP contribution in [0.3, 0.4) is 0 Å². The number of ether oxygens (including phenoxy) is 2. The predicted octanol–water partition coefficient (Wildman–Crippen LogP) is 4.56. The first kappa shape index (κ1) is 20.5. The van der Waals surface area contributed by atoms with Crippen LogP contribution in [0.2, 0.25) is 0 Å². The summed E-state index contributed by atoms with van der Waals surface area (Å²) in [5, 5.41) is 5.87. The molecule has 0 aliphatic heterocycles. The Kier molecular flexibility index (Phi) is 7.82. The minimum Gasteiger partial charge on any atom is -0.493 e. The molecule has 2 rings (SSSR count). The minimum atomic E-state index is -0.319. The van der Waals surface area contributed by atoms with E-state index in [1.807, 2.05) is 44.2 Å². The highest BCUT2D eigenvalue weighted by Gasteiger charge is 2.13. The van der Waals surface area contributed by atoms with Crippen LogP contribution < -0.4 is 20.1 Å². The van der Waals surface area contributed by atoms with Gasteiger partial charge in [0.25, 0.3) is 5.91 Å². The number of carbonyl (C=O) groups is 1. The lowest BCUT2D eigenvalue weighted by Gasteiger charge is -2.13. The maximum atomic E-state index is 12.5. The number of anilines is 1. The summed E-state index contributed by atoms with van der Waals surface area (Å²) in [6, 6.07) is 14.4. The van der Waals surface area contributed by atoms with Gasteiger partial charge in [-0.05, 0) is 67.5 Å². The van der Waals surface area contributed by atoms with Gasteiger partial charge in [-0.25, -0.2) is 0 Å². The van der Waals surface area contributed by atoms with Gasteiger partial charge in [0.2, 0.25) is 0 Å². The monoisotopic (exact) mass is 384 g/mol. The van der Waals surface area contributed by atoms with Crippen molar-refractivity contribution in [2.45, 2.75) is 20.3 Å². The van der Waals surface area contributed by atoms with Crippen molar-refractivity contribution < 1.29 is 14.3 Å². The molecule has 0 saturated carbocycles. The number of hydrogen-bond donors (Lipinski definition) is 2. The van der Waals surface area contributed by atoms with Crippen molar-refractivity contribution >= 4 is 28.9 Å². The fraction of sp³-hybridized carbons (Fsp3) is 0.238. The van der Waals surface area contributed by atoms with Crippen LogP contribution in [0.25, 0.3) is 0 Å². The molecule has 0 aliphatic carbocycles. The summed E-state index contributed by atoms with van der Waals surface area (Å²) in [6.07, 6.45) is 0.863. The number of amides is 1. The SMILES string of the molecule is C=C(C)COc1ccc(NC(=S)NC(=O)c2ccccc2OCCC)cc1. The second kappa shape index (κ2) is 10.3. The molecule has 0 spiro atoms. The number of benzene rings is 2. The molecule has 1 amide bonds. The molecule has 0 bridgehead atoms. The van der Waals surface area contributed by atoms with E-state index in [1.165, 1.54) is 0 Å². The van der Waals surface area contributed by atoms with Crippen LogP contribution in [0.5, 0.6) is 11.5 Å². The first-order chi connectivity index (χ1) is 13.0. The lowest BCUT2D eigenvalue weighted by atomic mass is 10.2. The van der Waals surface area contributed by atoms with Crippen molar-refractivity contribution in [3.05, 3.63) is 66.2 Å². The van der Waals surface area contributed by atoms with Gasteiger partial charge in [-0.2, -0.15) is 0 Å². The molecule has 0 radical (unpaired) electrons. The van der Waals surface area contributed by atoms with Crippen LogP contribution in [0.4, 0.5) is 5.69 Å². The van der Waals surface area contributed by atoms with E-state index in [0.29, 0.717) is 24.5 Å². The molecule has 2 aromatic rings. The van der Waals surface area contributed by atoms with E-state index in [-0.39, 0.29) is 11.0 Å². The number of carbonyl (C=O) groups excluding carboxylic acids is 1. The third kappa shape index (κ3) is 6.75. The van der Waals surface area contributed by atoms with Crippen LogP contribution in [0.15, 0.2) is 60.7 Å². The summed E-state index contributed by atoms with van der Waals surface area (Å²) in [6.45, 7) is 8.74. The second-order valence-corrected chi connectivity index (χ2v) is 6.43. The molecule has 142 valence electrons. The summed E-state index contributed by atoms with van der Waals surface area (Å²) in [4.78, 5) is 12.5. The lowest BCUT2D eigenvalue weighted by Crippen LogP contribution is -2.34. The van der Waals surface area contributed by atoms with Crippen molar-refractivity contribution in [2.24, 2.45) is 0 Å². The average Bonchev–Trinajstić information content (AvgIpc) is 2.65. The molecular weight excluding hydrogens is 360 g/mol. The number of nitrogens with one attached hydrogen (secondary N) is 2. The summed E-state index contributed by atoms with van der Waals surface area (Å²) in [5.41, 5.74) is 2.14. The van der Waals surface area contributed by atoms with Gasteiger partial charge in [-0.1, -0.05) is 25.6 Å². The molecule has 0 saturated heterocycles. The molecule has 2 N–H and O–H groups in total. The van der Waals surface area contributed by atoms with Gasteiger partial charge in [-0.3, -0.25) is 10.1 Å². The van der Waals surface area contributed by atoms with Crippen molar-refractivity contribution in [3.8, 4) is 11.5 Å². The van der Waals surface area contributed by atoms with E-state index in [9.17, 15) is 4.79 Å². The maximum absolute atomic E-state index is 12.5. The summed E-state index contributed by atoms with van der Waals surface area (Å²) >= 11 is 5.23. The third-order valence-electron chi connectivity index (χ3n) is 3.42. The van der Waals surface area contributed by atoms with Crippen molar-refractivity contribution in [3.63, 3.8) is 0 Å². The van der Waals surface area contributed by atoms with E-state index in [0.717, 1.165) is 23.4 Å². The van der Waals surface area contributed by atoms with Crippen LogP contribution in [-0.4, -0.2) is 24.2 Å². The molecule has 0 aromatic heterocycles. The normalized spacial score (nSPS) is 10.0. The fourth-order valence-electron chi connectivity index (χ4n) is 2.17. The van der Waals surface area contributed by atoms with E-state index in [2.05, 4.69) is 17.2 Å². The smallest absolute Gasteiger partial charge is 0.261 e. The summed E-state index contributed by atoms with van der Waals surface area (Å²) in [7, 11) is 0. The van der Waals surface area contributed by atoms with Crippen LogP contribution in [0.1, 0.15) is 30.6 Å². The first-order valence-electron chi connectivity index (χ1n) is 8.71. The minimum absolute atomic E-state index is 0.209. The fourth-order valence-corrected chi connectivity index (χ4v) is 2.38. The number of rotatable bonds is 8. The summed E-state index contributed by atoms with van der Waals surface area (Å²) < 4.78 is 11.2. The van der Waals surface area contributed by atoms with Crippen LogP contribution in [-0.2, 0) is 0 Å². The Balaban J connectivity index is 1.93. The zero-order chi connectivity index (χ0) is 19.6. The molecule has 0 aliphatic rings. The van der Waals surface area contributed by atoms with Gasteiger partial charge < -0.3 is 14.8 Å². The molecule has 6 heteroatoms. The van der Waals surface area contributed by atoms with Gasteiger partial charge >= 0.3 is 0 Å². The van der Waals surface area contributed by atoms with Crippen molar-refractivity contribution in [2.75, 3.05) is 18.5 Å². The first-order valence-corrected chi connectivity index (χ1v) is 9.12. The molecule has 0 unspecified atom stereocenters. The van der Waals surface area contributed by atoms with Crippen LogP contribution >= 0.6 is 12.2 Å². The molecule has 0 atom stereocenters. The van der Waals surface area contributed by atoms with Gasteiger partial charge in [0.1, 0.15) is 18.1 Å². The van der Waals surface area contributed by atoms with E-state index >= 15 is 0 Å². The Labute approximate surface area is 165 Å². The Hall–Kier alpha value is -2.86. The lowest BCUT2D eigenvalue weighted by molar-refractivity contribution is 0.0973. The molecule has 0 fully saturated rings. The van der Waals surface area contributed by atoms with Gasteiger partial charge in [-0.15, -0.1) is 0 Å². The number of thiocarbonyl (C=S) groups is 1. The predicted molar refractivity (Wildman–Crippen MR) is 113 cm³/mol. The highest BCUT2D eigenvalue weighted by Crippen LogP contribution is 2.19. The number of para-hydroxylation sites is 1. The largest absolute Gasteiger partial charge is 0.493 e. The van der Waals surface area contributed by atoms with E-state index in [1.54, 1.807) is 18.2 Å². The van der Waals surface area contributed by atoms with Gasteiger partial charge in [0.15, 0.2) is 5.11 Å². The average molecular weight is 385 g/mol. The zero-order valence-electron chi connectivity index (χ0n) is 15.6. The molecule has 27 heavy (non-hydrogen) atoms. The van der Waals surface area contributed by atoms with Gasteiger partial charge in [0.05, 0.1) is 12.2 Å².